The lowest BCUT2D eigenvalue weighted by molar-refractivity contribution is 0.0870. The molecule has 106 valence electrons. The van der Waals surface area contributed by atoms with Gasteiger partial charge in [0.1, 0.15) is 0 Å². The lowest BCUT2D eigenvalue weighted by atomic mass is 9.89. The van der Waals surface area contributed by atoms with Crippen LogP contribution in [-0.2, 0) is 6.42 Å². The van der Waals surface area contributed by atoms with E-state index in [9.17, 15) is 0 Å². The van der Waals surface area contributed by atoms with Crippen LogP contribution >= 0.6 is 11.8 Å². The van der Waals surface area contributed by atoms with Crippen LogP contribution in [0.4, 0.5) is 0 Å². The second kappa shape index (κ2) is 6.78. The van der Waals surface area contributed by atoms with E-state index in [1.165, 1.54) is 42.8 Å². The molecule has 0 saturated carbocycles. The van der Waals surface area contributed by atoms with Gasteiger partial charge in [0.25, 0.3) is 0 Å². The van der Waals surface area contributed by atoms with Crippen LogP contribution < -0.4 is 5.73 Å². The van der Waals surface area contributed by atoms with Crippen LogP contribution in [0.25, 0.3) is 0 Å². The van der Waals surface area contributed by atoms with Crippen LogP contribution in [0.5, 0.6) is 0 Å². The molecule has 2 nitrogen and oxygen atoms in total. The van der Waals surface area contributed by atoms with Gasteiger partial charge in [0.15, 0.2) is 0 Å². The van der Waals surface area contributed by atoms with E-state index in [2.05, 4.69) is 42.3 Å². The summed E-state index contributed by atoms with van der Waals surface area (Å²) in [6, 6.07) is 8.94. The van der Waals surface area contributed by atoms with Crippen molar-refractivity contribution < 1.29 is 0 Å². The molecule has 1 aliphatic rings. The predicted octanol–water partition coefficient (Wildman–Crippen LogP) is 3.15. The highest BCUT2D eigenvalue weighted by molar-refractivity contribution is 7.98. The van der Waals surface area contributed by atoms with Crippen molar-refractivity contribution in [2.24, 2.45) is 5.73 Å². The molecule has 1 heterocycles. The quantitative estimate of drug-likeness (QED) is 0.839. The van der Waals surface area contributed by atoms with Crippen LogP contribution in [0.3, 0.4) is 0 Å². The summed E-state index contributed by atoms with van der Waals surface area (Å²) in [4.78, 5) is 3.93. The van der Waals surface area contributed by atoms with Gasteiger partial charge in [-0.05, 0) is 63.2 Å². The highest BCUT2D eigenvalue weighted by Gasteiger charge is 2.31. The molecule has 2 rings (SSSR count). The summed E-state index contributed by atoms with van der Waals surface area (Å²) in [6.07, 6.45) is 7.19. The van der Waals surface area contributed by atoms with Crippen molar-refractivity contribution in [1.82, 2.24) is 4.90 Å². The number of likely N-dealkylation sites (tertiary alicyclic amines) is 1. The zero-order valence-corrected chi connectivity index (χ0v) is 13.0. The fourth-order valence-electron chi connectivity index (χ4n) is 2.93. The lowest BCUT2D eigenvalue weighted by Gasteiger charge is -2.43. The van der Waals surface area contributed by atoms with Crippen LogP contribution in [0.15, 0.2) is 29.2 Å². The van der Waals surface area contributed by atoms with Crippen molar-refractivity contribution in [3.63, 3.8) is 0 Å². The van der Waals surface area contributed by atoms with Gasteiger partial charge in [-0.15, -0.1) is 11.8 Å². The largest absolute Gasteiger partial charge is 0.329 e. The van der Waals surface area contributed by atoms with Crippen LogP contribution in [-0.4, -0.2) is 36.3 Å². The van der Waals surface area contributed by atoms with Crippen LogP contribution in [0, 0.1) is 0 Å². The van der Waals surface area contributed by atoms with Gasteiger partial charge in [-0.25, -0.2) is 0 Å². The Kier molecular flexibility index (Phi) is 5.31. The Morgan fingerprint density at radius 2 is 1.79 bits per heavy atom. The third-order valence-corrected chi connectivity index (χ3v) is 5.05. The van der Waals surface area contributed by atoms with Crippen molar-refractivity contribution in [3.8, 4) is 0 Å². The Balaban J connectivity index is 2.07. The van der Waals surface area contributed by atoms with E-state index in [-0.39, 0.29) is 5.54 Å². The molecule has 3 heteroatoms. The summed E-state index contributed by atoms with van der Waals surface area (Å²) in [7, 11) is 0. The molecule has 19 heavy (non-hydrogen) atoms. The Bertz CT molecular complexity index is 384. The fraction of sp³-hybridized carbons (Fsp3) is 0.625. The topological polar surface area (TPSA) is 29.3 Å². The van der Waals surface area contributed by atoms with Crippen molar-refractivity contribution in [2.45, 2.75) is 43.0 Å². The van der Waals surface area contributed by atoms with Gasteiger partial charge in [0.2, 0.25) is 0 Å². The average Bonchev–Trinajstić information content (AvgIpc) is 2.49. The summed E-state index contributed by atoms with van der Waals surface area (Å²) in [6.45, 7) is 5.46. The summed E-state index contributed by atoms with van der Waals surface area (Å²) in [5.74, 6) is 0. The van der Waals surface area contributed by atoms with Crippen molar-refractivity contribution in [2.75, 3.05) is 25.9 Å². The molecule has 1 aromatic rings. The molecule has 1 aromatic carbocycles. The molecule has 0 amide bonds. The first-order valence-corrected chi connectivity index (χ1v) is 8.48. The maximum absolute atomic E-state index is 6.10. The number of hydrogen-bond acceptors (Lipinski definition) is 3. The van der Waals surface area contributed by atoms with Crippen molar-refractivity contribution in [3.05, 3.63) is 29.8 Å². The third kappa shape index (κ3) is 3.74. The Labute approximate surface area is 121 Å². The molecule has 2 N–H and O–H groups in total. The number of thioether (sulfide) groups is 1. The van der Waals surface area contributed by atoms with Crippen molar-refractivity contribution in [1.29, 1.82) is 0 Å². The normalized spacial score (nSPS) is 20.2. The molecule has 1 aliphatic heterocycles. The third-order valence-electron chi connectivity index (χ3n) is 4.30. The second-order valence-corrected chi connectivity index (χ2v) is 6.65. The van der Waals surface area contributed by atoms with E-state index in [4.69, 9.17) is 5.73 Å². The van der Waals surface area contributed by atoms with Gasteiger partial charge in [0.05, 0.1) is 0 Å². The number of nitrogens with zero attached hydrogens (tertiary/aromatic N) is 1. The predicted molar refractivity (Wildman–Crippen MR) is 84.8 cm³/mol. The second-order valence-electron chi connectivity index (χ2n) is 5.77. The van der Waals surface area contributed by atoms with Gasteiger partial charge >= 0.3 is 0 Å². The van der Waals surface area contributed by atoms with Gasteiger partial charge in [-0.2, -0.15) is 0 Å². The molecular formula is C16H26N2S. The van der Waals surface area contributed by atoms with E-state index in [1.54, 1.807) is 11.8 Å². The molecule has 1 fully saturated rings. The molecule has 1 saturated heterocycles. The Morgan fingerprint density at radius 3 is 2.32 bits per heavy atom. The van der Waals surface area contributed by atoms with E-state index in [1.807, 2.05) is 0 Å². The summed E-state index contributed by atoms with van der Waals surface area (Å²) < 4.78 is 0. The number of hydrogen-bond donors (Lipinski definition) is 1. The fourth-order valence-corrected chi connectivity index (χ4v) is 3.34. The van der Waals surface area contributed by atoms with Gasteiger partial charge in [-0.3, -0.25) is 4.90 Å². The molecule has 0 bridgehead atoms. The minimum absolute atomic E-state index is 0.112. The molecule has 0 spiro atoms. The average molecular weight is 278 g/mol. The molecule has 1 unspecified atom stereocenters. The van der Waals surface area contributed by atoms with Crippen molar-refractivity contribution >= 4 is 11.8 Å². The first kappa shape index (κ1) is 14.9. The van der Waals surface area contributed by atoms with E-state index >= 15 is 0 Å². The highest BCUT2D eigenvalue weighted by Crippen LogP contribution is 2.25. The maximum Gasteiger partial charge on any atom is 0.0343 e. The molecule has 0 aliphatic carbocycles. The van der Waals surface area contributed by atoms with Gasteiger partial charge in [0, 0.05) is 17.0 Å². The number of piperidine rings is 1. The van der Waals surface area contributed by atoms with E-state index < -0.39 is 0 Å². The lowest BCUT2D eigenvalue weighted by Crippen LogP contribution is -2.54. The van der Waals surface area contributed by atoms with Crippen LogP contribution in [0.2, 0.25) is 0 Å². The maximum atomic E-state index is 6.10. The smallest absolute Gasteiger partial charge is 0.0343 e. The number of nitrogens with two attached hydrogens (primary N) is 1. The monoisotopic (exact) mass is 278 g/mol. The zero-order valence-electron chi connectivity index (χ0n) is 12.2. The highest BCUT2D eigenvalue weighted by atomic mass is 32.2. The minimum Gasteiger partial charge on any atom is -0.329 e. The van der Waals surface area contributed by atoms with E-state index in [0.717, 1.165) is 13.0 Å². The number of benzene rings is 1. The van der Waals surface area contributed by atoms with Gasteiger partial charge in [-0.1, -0.05) is 18.6 Å². The molecular weight excluding hydrogens is 252 g/mol. The summed E-state index contributed by atoms with van der Waals surface area (Å²) >= 11 is 1.79. The SMILES string of the molecule is CSc1ccc(CC(C)(CN)N2CCCCC2)cc1. The zero-order chi connectivity index (χ0) is 13.7. The Morgan fingerprint density at radius 1 is 1.16 bits per heavy atom. The standard InChI is InChI=1S/C16H26N2S/c1-16(13-17,18-10-4-3-5-11-18)12-14-6-8-15(19-2)9-7-14/h6-9H,3-5,10-13,17H2,1-2H3. The molecule has 0 aromatic heterocycles. The Hall–Kier alpha value is -0.510. The first-order valence-electron chi connectivity index (χ1n) is 7.26. The minimum atomic E-state index is 0.112. The van der Waals surface area contributed by atoms with Crippen LogP contribution in [0.1, 0.15) is 31.7 Å². The van der Waals surface area contributed by atoms with E-state index in [0.29, 0.717) is 0 Å². The summed E-state index contributed by atoms with van der Waals surface area (Å²) in [5.41, 5.74) is 7.61. The number of rotatable bonds is 5. The van der Waals surface area contributed by atoms with Gasteiger partial charge < -0.3 is 5.73 Å². The first-order chi connectivity index (χ1) is 9.18. The molecule has 1 atom stereocenters. The molecule has 0 radical (unpaired) electrons. The summed E-state index contributed by atoms with van der Waals surface area (Å²) in [5, 5.41) is 0.